The molecule has 3 heteroatoms. The van der Waals surface area contributed by atoms with Crippen molar-refractivity contribution < 1.29 is 14.6 Å². The molecule has 1 aromatic rings. The highest BCUT2D eigenvalue weighted by Crippen LogP contribution is 2.16. The van der Waals surface area contributed by atoms with E-state index in [4.69, 9.17) is 9.78 Å². The Morgan fingerprint density at radius 3 is 2.25 bits per heavy atom. The number of rotatable bonds is 4. The van der Waals surface area contributed by atoms with Crippen molar-refractivity contribution in [2.75, 3.05) is 0 Å². The fourth-order valence-electron chi connectivity index (χ4n) is 1.35. The number of hydrogen-bond donors (Lipinski definition) is 0. The Bertz CT molecular complexity index is 351. The molecule has 0 N–H and O–H groups in total. The summed E-state index contributed by atoms with van der Waals surface area (Å²) in [6.07, 6.45) is 1.40. The zero-order valence-corrected chi connectivity index (χ0v) is 10.2. The van der Waals surface area contributed by atoms with Crippen LogP contribution in [-0.2, 0) is 9.78 Å². The molecule has 0 aromatic heterocycles. The average molecular weight is 221 g/mol. The van der Waals surface area contributed by atoms with Crippen LogP contribution in [0.3, 0.4) is 0 Å². The monoisotopic (exact) mass is 221 g/mol. The topological polar surface area (TPSA) is 35.5 Å². The maximum atomic E-state index is 11.7. The summed E-state index contributed by atoms with van der Waals surface area (Å²) in [5.41, 5.74) is 2.36. The SMILES string of the molecule is CC[C](C)OOC(=O)c1c(C)cccc1C. The summed E-state index contributed by atoms with van der Waals surface area (Å²) in [5.74, 6) is -0.441. The van der Waals surface area contributed by atoms with E-state index in [1.54, 1.807) is 6.92 Å². The lowest BCUT2D eigenvalue weighted by Crippen LogP contribution is -2.11. The number of carbonyl (C=O) groups is 1. The maximum Gasteiger partial charge on any atom is 0.373 e. The van der Waals surface area contributed by atoms with Gasteiger partial charge in [-0.25, -0.2) is 4.79 Å². The van der Waals surface area contributed by atoms with Gasteiger partial charge in [0.15, 0.2) is 0 Å². The third kappa shape index (κ3) is 3.07. The predicted molar refractivity (Wildman–Crippen MR) is 61.6 cm³/mol. The first kappa shape index (κ1) is 12.7. The molecule has 0 saturated carbocycles. The Balaban J connectivity index is 2.73. The van der Waals surface area contributed by atoms with E-state index >= 15 is 0 Å². The van der Waals surface area contributed by atoms with E-state index in [2.05, 4.69) is 0 Å². The van der Waals surface area contributed by atoms with E-state index in [9.17, 15) is 4.79 Å². The summed E-state index contributed by atoms with van der Waals surface area (Å²) in [5, 5.41) is 0. The van der Waals surface area contributed by atoms with Gasteiger partial charge in [0.2, 0.25) is 0 Å². The summed E-state index contributed by atoms with van der Waals surface area (Å²) in [7, 11) is 0. The van der Waals surface area contributed by atoms with Crippen LogP contribution in [0, 0.1) is 20.0 Å². The number of carbonyl (C=O) groups excluding carboxylic acids is 1. The van der Waals surface area contributed by atoms with Gasteiger partial charge in [-0.05, 0) is 38.3 Å². The molecular weight excluding hydrogens is 204 g/mol. The molecule has 0 spiro atoms. The van der Waals surface area contributed by atoms with Gasteiger partial charge in [0.1, 0.15) is 6.10 Å². The molecule has 0 aliphatic rings. The molecule has 0 aliphatic carbocycles. The summed E-state index contributed by atoms with van der Waals surface area (Å²) < 4.78 is 0. The maximum absolute atomic E-state index is 11.7. The second kappa shape index (κ2) is 5.66. The number of hydrogen-bond acceptors (Lipinski definition) is 3. The lowest BCUT2D eigenvalue weighted by atomic mass is 10.0. The van der Waals surface area contributed by atoms with Gasteiger partial charge >= 0.3 is 5.97 Å². The third-order valence-corrected chi connectivity index (χ3v) is 2.44. The van der Waals surface area contributed by atoms with E-state index in [0.29, 0.717) is 11.7 Å². The minimum atomic E-state index is -0.441. The molecule has 0 fully saturated rings. The van der Waals surface area contributed by atoms with Crippen molar-refractivity contribution in [2.45, 2.75) is 34.1 Å². The molecule has 16 heavy (non-hydrogen) atoms. The Morgan fingerprint density at radius 1 is 1.19 bits per heavy atom. The van der Waals surface area contributed by atoms with E-state index < -0.39 is 5.97 Å². The molecule has 0 saturated heterocycles. The van der Waals surface area contributed by atoms with Crippen LogP contribution >= 0.6 is 0 Å². The second-order valence-electron chi connectivity index (χ2n) is 3.78. The van der Waals surface area contributed by atoms with Gasteiger partial charge < -0.3 is 0 Å². The molecule has 87 valence electrons. The molecule has 0 unspecified atom stereocenters. The van der Waals surface area contributed by atoms with Crippen LogP contribution in [-0.4, -0.2) is 5.97 Å². The van der Waals surface area contributed by atoms with Crippen molar-refractivity contribution in [1.29, 1.82) is 0 Å². The standard InChI is InChI=1S/C13H17O3/c1-5-11(4)15-16-13(14)12-9(2)7-6-8-10(12)3/h6-8H,5H2,1-4H3. The average Bonchev–Trinajstić information content (AvgIpc) is 2.25. The van der Waals surface area contributed by atoms with E-state index in [-0.39, 0.29) is 0 Å². The van der Waals surface area contributed by atoms with Crippen LogP contribution in [0.1, 0.15) is 41.8 Å². The van der Waals surface area contributed by atoms with Crippen LogP contribution in [0.2, 0.25) is 0 Å². The highest BCUT2D eigenvalue weighted by molar-refractivity contribution is 5.92. The second-order valence-corrected chi connectivity index (χ2v) is 3.78. The first-order valence-electron chi connectivity index (χ1n) is 5.33. The normalized spacial score (nSPS) is 10.6. The fourth-order valence-corrected chi connectivity index (χ4v) is 1.35. The van der Waals surface area contributed by atoms with Crippen LogP contribution < -0.4 is 0 Å². The van der Waals surface area contributed by atoms with E-state index in [0.717, 1.165) is 17.5 Å². The van der Waals surface area contributed by atoms with Gasteiger partial charge in [-0.2, -0.15) is 4.89 Å². The van der Waals surface area contributed by atoms with Crippen LogP contribution in [0.25, 0.3) is 0 Å². The number of aryl methyl sites for hydroxylation is 2. The molecule has 0 amide bonds. The van der Waals surface area contributed by atoms with Crippen molar-refractivity contribution in [3.05, 3.63) is 41.0 Å². The van der Waals surface area contributed by atoms with Gasteiger partial charge in [0.05, 0.1) is 5.56 Å². The molecule has 1 radical (unpaired) electrons. The zero-order chi connectivity index (χ0) is 12.1. The van der Waals surface area contributed by atoms with Crippen molar-refractivity contribution in [3.63, 3.8) is 0 Å². The van der Waals surface area contributed by atoms with Gasteiger partial charge in [0, 0.05) is 0 Å². The van der Waals surface area contributed by atoms with E-state index in [1.165, 1.54) is 0 Å². The van der Waals surface area contributed by atoms with Crippen LogP contribution in [0.5, 0.6) is 0 Å². The third-order valence-electron chi connectivity index (χ3n) is 2.44. The predicted octanol–water partition coefficient (Wildman–Crippen LogP) is 3.35. The molecular formula is C13H17O3. The van der Waals surface area contributed by atoms with Gasteiger partial charge in [-0.1, -0.05) is 25.1 Å². The van der Waals surface area contributed by atoms with Crippen LogP contribution in [0.15, 0.2) is 18.2 Å². The van der Waals surface area contributed by atoms with Crippen molar-refractivity contribution >= 4 is 5.97 Å². The molecule has 1 aromatic carbocycles. The lowest BCUT2D eigenvalue weighted by molar-refractivity contribution is -0.232. The van der Waals surface area contributed by atoms with Gasteiger partial charge in [-0.3, -0.25) is 4.89 Å². The Morgan fingerprint density at radius 2 is 1.75 bits per heavy atom. The van der Waals surface area contributed by atoms with Crippen molar-refractivity contribution in [2.24, 2.45) is 0 Å². The Hall–Kier alpha value is -1.35. The summed E-state index contributed by atoms with van der Waals surface area (Å²) in [4.78, 5) is 21.4. The van der Waals surface area contributed by atoms with Crippen molar-refractivity contribution in [3.8, 4) is 0 Å². The molecule has 0 heterocycles. The minimum absolute atomic E-state index is 0.441. The highest BCUT2D eigenvalue weighted by atomic mass is 17.2. The Labute approximate surface area is 96.3 Å². The number of benzene rings is 1. The summed E-state index contributed by atoms with van der Waals surface area (Å²) >= 11 is 0. The first-order chi connectivity index (χ1) is 7.56. The fraction of sp³-hybridized carbons (Fsp3) is 0.385. The van der Waals surface area contributed by atoms with Gasteiger partial charge in [-0.15, -0.1) is 0 Å². The summed E-state index contributed by atoms with van der Waals surface area (Å²) in [6.45, 7) is 7.46. The molecule has 1 rings (SSSR count). The summed E-state index contributed by atoms with van der Waals surface area (Å²) in [6, 6.07) is 5.66. The smallest absolute Gasteiger partial charge is 0.292 e. The zero-order valence-electron chi connectivity index (χ0n) is 10.2. The quantitative estimate of drug-likeness (QED) is 0.577. The van der Waals surface area contributed by atoms with Gasteiger partial charge in [0.25, 0.3) is 0 Å². The largest absolute Gasteiger partial charge is 0.373 e. The first-order valence-corrected chi connectivity index (χ1v) is 5.33. The Kier molecular flexibility index (Phi) is 4.50. The van der Waals surface area contributed by atoms with E-state index in [1.807, 2.05) is 39.0 Å². The van der Waals surface area contributed by atoms with Crippen molar-refractivity contribution in [1.82, 2.24) is 0 Å². The molecule has 3 nitrogen and oxygen atoms in total. The molecule has 0 atom stereocenters. The molecule has 0 aliphatic heterocycles. The minimum Gasteiger partial charge on any atom is -0.292 e. The van der Waals surface area contributed by atoms with Crippen LogP contribution in [0.4, 0.5) is 0 Å². The highest BCUT2D eigenvalue weighted by Gasteiger charge is 2.15. The lowest BCUT2D eigenvalue weighted by Gasteiger charge is -2.10. The molecule has 0 bridgehead atoms.